The SMILES string of the molecule is CCOCCN(CC)c1nc(NC)nc2sccc12. The smallest absolute Gasteiger partial charge is 0.225 e. The summed E-state index contributed by atoms with van der Waals surface area (Å²) in [6.07, 6.45) is 0. The first kappa shape index (κ1) is 14.0. The van der Waals surface area contributed by atoms with E-state index in [9.17, 15) is 0 Å². The molecule has 0 aliphatic carbocycles. The number of nitrogens with zero attached hydrogens (tertiary/aromatic N) is 3. The number of anilines is 2. The molecule has 2 aromatic heterocycles. The van der Waals surface area contributed by atoms with E-state index in [-0.39, 0.29) is 0 Å². The molecule has 0 radical (unpaired) electrons. The predicted octanol–water partition coefficient (Wildman–Crippen LogP) is 2.60. The van der Waals surface area contributed by atoms with Gasteiger partial charge in [0.2, 0.25) is 5.95 Å². The van der Waals surface area contributed by atoms with Crippen LogP contribution in [0, 0.1) is 0 Å². The molecule has 0 unspecified atom stereocenters. The zero-order chi connectivity index (χ0) is 13.7. The molecule has 0 spiro atoms. The van der Waals surface area contributed by atoms with Gasteiger partial charge in [0.15, 0.2) is 0 Å². The Labute approximate surface area is 117 Å². The van der Waals surface area contributed by atoms with Crippen molar-refractivity contribution in [1.82, 2.24) is 9.97 Å². The zero-order valence-electron chi connectivity index (χ0n) is 11.6. The van der Waals surface area contributed by atoms with Crippen molar-refractivity contribution in [2.45, 2.75) is 13.8 Å². The number of likely N-dealkylation sites (N-methyl/N-ethyl adjacent to an activating group) is 1. The molecule has 5 nitrogen and oxygen atoms in total. The number of thiophene rings is 1. The summed E-state index contributed by atoms with van der Waals surface area (Å²) in [5.74, 6) is 1.65. The van der Waals surface area contributed by atoms with Crippen molar-refractivity contribution in [2.24, 2.45) is 0 Å². The van der Waals surface area contributed by atoms with Crippen LogP contribution in [0.3, 0.4) is 0 Å². The average molecular weight is 280 g/mol. The maximum atomic E-state index is 5.44. The first-order valence-electron chi connectivity index (χ1n) is 6.55. The Bertz CT molecular complexity index is 528. The lowest BCUT2D eigenvalue weighted by Crippen LogP contribution is -2.28. The van der Waals surface area contributed by atoms with E-state index in [4.69, 9.17) is 4.74 Å². The maximum Gasteiger partial charge on any atom is 0.225 e. The first-order chi connectivity index (χ1) is 9.30. The Morgan fingerprint density at radius 1 is 1.37 bits per heavy atom. The van der Waals surface area contributed by atoms with Crippen LogP contribution in [0.5, 0.6) is 0 Å². The monoisotopic (exact) mass is 280 g/mol. The van der Waals surface area contributed by atoms with Gasteiger partial charge in [-0.25, -0.2) is 4.98 Å². The third-order valence-electron chi connectivity index (χ3n) is 2.92. The molecule has 1 N–H and O–H groups in total. The third-order valence-corrected chi connectivity index (χ3v) is 3.73. The molecule has 0 aliphatic heterocycles. The van der Waals surface area contributed by atoms with Crippen LogP contribution in [0.25, 0.3) is 10.2 Å². The number of hydrogen-bond donors (Lipinski definition) is 1. The van der Waals surface area contributed by atoms with Crippen molar-refractivity contribution in [3.8, 4) is 0 Å². The summed E-state index contributed by atoms with van der Waals surface area (Å²) in [6.45, 7) is 7.35. The highest BCUT2D eigenvalue weighted by Gasteiger charge is 2.13. The van der Waals surface area contributed by atoms with Crippen LogP contribution in [0.4, 0.5) is 11.8 Å². The summed E-state index contributed by atoms with van der Waals surface area (Å²) in [4.78, 5) is 12.3. The van der Waals surface area contributed by atoms with Crippen LogP contribution >= 0.6 is 11.3 Å². The minimum absolute atomic E-state index is 0.666. The molecule has 0 saturated carbocycles. The van der Waals surface area contributed by atoms with Crippen LogP contribution < -0.4 is 10.2 Å². The largest absolute Gasteiger partial charge is 0.380 e. The zero-order valence-corrected chi connectivity index (χ0v) is 12.5. The van der Waals surface area contributed by atoms with Gasteiger partial charge in [-0.1, -0.05) is 0 Å². The molecule has 0 bridgehead atoms. The summed E-state index contributed by atoms with van der Waals surface area (Å²) in [5.41, 5.74) is 0. The second-order valence-corrected chi connectivity index (χ2v) is 4.93. The molecule has 0 aliphatic rings. The number of hydrogen-bond acceptors (Lipinski definition) is 6. The molecule has 19 heavy (non-hydrogen) atoms. The highest BCUT2D eigenvalue weighted by atomic mass is 32.1. The molecule has 2 aromatic rings. The molecule has 0 saturated heterocycles. The molecule has 0 aromatic carbocycles. The van der Waals surface area contributed by atoms with Crippen LogP contribution in [-0.2, 0) is 4.74 Å². The summed E-state index contributed by atoms with van der Waals surface area (Å²) >= 11 is 1.64. The minimum Gasteiger partial charge on any atom is -0.380 e. The Balaban J connectivity index is 2.31. The second kappa shape index (κ2) is 6.68. The lowest BCUT2D eigenvalue weighted by Gasteiger charge is -2.22. The van der Waals surface area contributed by atoms with E-state index in [0.29, 0.717) is 5.95 Å². The standard InChI is InChI=1S/C13H20N4OS/c1-4-17(7-8-18-5-2)11-10-6-9-19-12(10)16-13(14-3)15-11/h6,9H,4-5,7-8H2,1-3H3,(H,14,15,16). The molecule has 2 rings (SSSR count). The van der Waals surface area contributed by atoms with Crippen molar-refractivity contribution in [3.05, 3.63) is 11.4 Å². The van der Waals surface area contributed by atoms with E-state index in [1.54, 1.807) is 11.3 Å². The lowest BCUT2D eigenvalue weighted by molar-refractivity contribution is 0.154. The molecule has 0 fully saturated rings. The van der Waals surface area contributed by atoms with Crippen LogP contribution in [0.15, 0.2) is 11.4 Å². The fraction of sp³-hybridized carbons (Fsp3) is 0.538. The van der Waals surface area contributed by atoms with E-state index in [2.05, 4.69) is 38.6 Å². The Kier molecular flexibility index (Phi) is 4.93. The molecule has 0 amide bonds. The second-order valence-electron chi connectivity index (χ2n) is 4.04. The lowest BCUT2D eigenvalue weighted by atomic mass is 10.3. The van der Waals surface area contributed by atoms with Gasteiger partial charge in [-0.3, -0.25) is 0 Å². The number of rotatable bonds is 7. The van der Waals surface area contributed by atoms with Crippen LogP contribution in [-0.4, -0.2) is 43.3 Å². The number of fused-ring (bicyclic) bond motifs is 1. The topological polar surface area (TPSA) is 50.3 Å². The average Bonchev–Trinajstić information content (AvgIpc) is 2.91. The Morgan fingerprint density at radius 3 is 2.89 bits per heavy atom. The summed E-state index contributed by atoms with van der Waals surface area (Å²) < 4.78 is 5.44. The van der Waals surface area contributed by atoms with Gasteiger partial charge in [0.25, 0.3) is 0 Å². The third kappa shape index (κ3) is 3.13. The number of aromatic nitrogens is 2. The van der Waals surface area contributed by atoms with Crippen molar-refractivity contribution in [2.75, 3.05) is 43.6 Å². The quantitative estimate of drug-likeness (QED) is 0.790. The van der Waals surface area contributed by atoms with Gasteiger partial charge < -0.3 is 15.0 Å². The molecule has 2 heterocycles. The molecule has 104 valence electrons. The highest BCUT2D eigenvalue weighted by Crippen LogP contribution is 2.28. The highest BCUT2D eigenvalue weighted by molar-refractivity contribution is 7.16. The van der Waals surface area contributed by atoms with Gasteiger partial charge in [0, 0.05) is 26.7 Å². The van der Waals surface area contributed by atoms with E-state index in [1.807, 2.05) is 14.0 Å². The molecular formula is C13H20N4OS. The van der Waals surface area contributed by atoms with Crippen LogP contribution in [0.2, 0.25) is 0 Å². The van der Waals surface area contributed by atoms with Gasteiger partial charge in [-0.05, 0) is 25.3 Å². The fourth-order valence-electron chi connectivity index (χ4n) is 1.93. The summed E-state index contributed by atoms with van der Waals surface area (Å²) in [5, 5.41) is 6.19. The van der Waals surface area contributed by atoms with Crippen molar-refractivity contribution < 1.29 is 4.74 Å². The minimum atomic E-state index is 0.666. The van der Waals surface area contributed by atoms with Gasteiger partial charge in [0.1, 0.15) is 10.6 Å². The molecule has 0 atom stereocenters. The van der Waals surface area contributed by atoms with Gasteiger partial charge in [-0.2, -0.15) is 4.98 Å². The van der Waals surface area contributed by atoms with Crippen molar-refractivity contribution in [1.29, 1.82) is 0 Å². The van der Waals surface area contributed by atoms with Gasteiger partial charge in [-0.15, -0.1) is 11.3 Å². The van der Waals surface area contributed by atoms with Crippen molar-refractivity contribution >= 4 is 33.3 Å². The molecular weight excluding hydrogens is 260 g/mol. The van der Waals surface area contributed by atoms with Gasteiger partial charge in [0.05, 0.1) is 12.0 Å². The summed E-state index contributed by atoms with van der Waals surface area (Å²) in [7, 11) is 1.84. The predicted molar refractivity (Wildman–Crippen MR) is 81.3 cm³/mol. The van der Waals surface area contributed by atoms with E-state index >= 15 is 0 Å². The maximum absolute atomic E-state index is 5.44. The number of nitrogens with one attached hydrogen (secondary N) is 1. The van der Waals surface area contributed by atoms with E-state index in [1.165, 1.54) is 0 Å². The fourth-order valence-corrected chi connectivity index (χ4v) is 2.68. The molecule has 6 heteroatoms. The normalized spacial score (nSPS) is 10.9. The van der Waals surface area contributed by atoms with E-state index < -0.39 is 0 Å². The van der Waals surface area contributed by atoms with E-state index in [0.717, 1.165) is 42.3 Å². The first-order valence-corrected chi connectivity index (χ1v) is 7.43. The Morgan fingerprint density at radius 2 is 2.21 bits per heavy atom. The Hall–Kier alpha value is -1.40. The summed E-state index contributed by atoms with van der Waals surface area (Å²) in [6, 6.07) is 2.08. The van der Waals surface area contributed by atoms with Crippen molar-refractivity contribution in [3.63, 3.8) is 0 Å². The number of ether oxygens (including phenoxy) is 1. The van der Waals surface area contributed by atoms with Crippen LogP contribution in [0.1, 0.15) is 13.8 Å². The van der Waals surface area contributed by atoms with Gasteiger partial charge >= 0.3 is 0 Å².